The normalized spacial score (nSPS) is 14.8. The third-order valence-electron chi connectivity index (χ3n) is 11.0. The van der Waals surface area contributed by atoms with Gasteiger partial charge in [-0.2, -0.15) is 22.0 Å². The number of thiol groups is 1. The van der Waals surface area contributed by atoms with Crippen molar-refractivity contribution in [3.05, 3.63) is 139 Å². The van der Waals surface area contributed by atoms with E-state index in [1.165, 1.54) is 12.1 Å². The molecule has 0 bridgehead atoms. The summed E-state index contributed by atoms with van der Waals surface area (Å²) in [6, 6.07) is 21.3. The van der Waals surface area contributed by atoms with Crippen LogP contribution in [0.15, 0.2) is 127 Å². The van der Waals surface area contributed by atoms with Crippen molar-refractivity contribution in [3.8, 4) is 17.2 Å². The van der Waals surface area contributed by atoms with Gasteiger partial charge in [0, 0.05) is 95.1 Å². The van der Waals surface area contributed by atoms with Crippen LogP contribution in [0.5, 0.6) is 11.5 Å². The Balaban J connectivity index is 0.000000188. The van der Waals surface area contributed by atoms with E-state index < -0.39 is 5.97 Å². The molecule has 0 saturated carbocycles. The largest absolute Gasteiger partial charge is 0.478 e. The Morgan fingerprint density at radius 2 is 1.39 bits per heavy atom. The Hall–Kier alpha value is -6.78. The van der Waals surface area contributed by atoms with E-state index in [9.17, 15) is 14.4 Å². The predicted octanol–water partition coefficient (Wildman–Crippen LogP) is 6.87. The third-order valence-corrected chi connectivity index (χ3v) is 13.9. The van der Waals surface area contributed by atoms with Gasteiger partial charge in [-0.15, -0.1) is 5.10 Å². The maximum absolute atomic E-state index is 12.7. The quantitative estimate of drug-likeness (QED) is 0.0895. The maximum Gasteiger partial charge on any atom is 0.415 e. The van der Waals surface area contributed by atoms with Gasteiger partial charge in [0.05, 0.1) is 22.7 Å². The highest BCUT2D eigenvalue weighted by Gasteiger charge is 2.28. The van der Waals surface area contributed by atoms with Crippen LogP contribution in [0.1, 0.15) is 58.2 Å². The van der Waals surface area contributed by atoms with Crippen LogP contribution in [0.2, 0.25) is 0 Å². The topological polar surface area (TPSA) is 203 Å². The molecule has 19 nitrogen and oxygen atoms in total. The first-order valence-corrected chi connectivity index (χ1v) is 23.8. The highest BCUT2D eigenvalue weighted by atomic mass is 32.2. The van der Waals surface area contributed by atoms with Gasteiger partial charge < -0.3 is 38.4 Å². The van der Waals surface area contributed by atoms with Gasteiger partial charge in [-0.1, -0.05) is 47.8 Å². The van der Waals surface area contributed by atoms with Crippen LogP contribution in [-0.4, -0.2) is 120 Å². The van der Waals surface area contributed by atoms with Crippen LogP contribution in [-0.2, 0) is 19.8 Å². The van der Waals surface area contributed by atoms with E-state index in [4.69, 9.17) is 19.4 Å². The van der Waals surface area contributed by atoms with E-state index in [1.807, 2.05) is 72.0 Å². The number of hydrogen-bond donors (Lipinski definition) is 2. The van der Waals surface area contributed by atoms with Crippen LogP contribution >= 0.6 is 36.2 Å². The Kier molecular flexibility index (Phi) is 15.4. The number of hydrogen-bond acceptors (Lipinski definition) is 15. The fraction of sp³-hybridized carbons (Fsp3) is 0.311. The van der Waals surface area contributed by atoms with E-state index in [0.717, 1.165) is 53.5 Å². The molecular weight excluding hydrogens is 917 g/mol. The van der Waals surface area contributed by atoms with Crippen molar-refractivity contribution >= 4 is 54.3 Å². The number of aromatic nitrogens is 10. The molecule has 1 unspecified atom stereocenters. The number of carbonyl (C=O) groups excluding carboxylic acids is 2. The number of thioether (sulfide) groups is 2. The number of imidazole rings is 3. The zero-order chi connectivity index (χ0) is 46.7. The third kappa shape index (κ3) is 12.4. The van der Waals surface area contributed by atoms with Gasteiger partial charge in [0.1, 0.15) is 29.8 Å². The number of piperidine rings is 2. The van der Waals surface area contributed by atoms with Crippen LogP contribution in [0.25, 0.3) is 5.69 Å². The summed E-state index contributed by atoms with van der Waals surface area (Å²) in [5.74, 6) is 1.68. The fourth-order valence-electron chi connectivity index (χ4n) is 7.22. The number of rotatable bonds is 13. The summed E-state index contributed by atoms with van der Waals surface area (Å²) in [4.78, 5) is 58.1. The number of aromatic carboxylic acids is 1. The van der Waals surface area contributed by atoms with Crippen LogP contribution in [0.3, 0.4) is 0 Å². The van der Waals surface area contributed by atoms with Gasteiger partial charge in [-0.05, 0) is 82.9 Å². The van der Waals surface area contributed by atoms with Crippen molar-refractivity contribution in [2.75, 3.05) is 26.2 Å². The Morgan fingerprint density at radius 3 is 1.97 bits per heavy atom. The number of aryl methyl sites for hydroxylation is 2. The second-order valence-corrected chi connectivity index (χ2v) is 18.3. The summed E-state index contributed by atoms with van der Waals surface area (Å²) in [5.41, 5.74) is 2.99. The molecule has 7 aromatic rings. The monoisotopic (exact) mass is 964 g/mol. The first kappa shape index (κ1) is 46.7. The minimum atomic E-state index is -0.985. The van der Waals surface area contributed by atoms with Crippen molar-refractivity contribution in [2.24, 2.45) is 14.1 Å². The lowest BCUT2D eigenvalue weighted by molar-refractivity contribution is -0.0000267. The molecule has 2 amide bonds. The van der Waals surface area contributed by atoms with E-state index in [2.05, 4.69) is 43.1 Å². The minimum absolute atomic E-state index is 0.0611. The highest BCUT2D eigenvalue weighted by Crippen LogP contribution is 2.31. The molecule has 22 heteroatoms. The van der Waals surface area contributed by atoms with Gasteiger partial charge >= 0.3 is 18.2 Å². The van der Waals surface area contributed by atoms with E-state index in [-0.39, 0.29) is 34.4 Å². The molecule has 1 atom stereocenters. The number of carboxylic acids is 1. The lowest BCUT2D eigenvalue weighted by Crippen LogP contribution is -2.44. The van der Waals surface area contributed by atoms with E-state index in [1.54, 1.807) is 98.1 Å². The summed E-state index contributed by atoms with van der Waals surface area (Å²) < 4.78 is 18.2. The molecule has 4 aromatic heterocycles. The second kappa shape index (κ2) is 22.1. The first-order chi connectivity index (χ1) is 32.6. The zero-order valence-corrected chi connectivity index (χ0v) is 39.1. The highest BCUT2D eigenvalue weighted by molar-refractivity contribution is 7.99. The Bertz CT molecular complexity index is 2700. The van der Waals surface area contributed by atoms with Crippen molar-refractivity contribution < 1.29 is 33.8 Å². The van der Waals surface area contributed by atoms with Crippen molar-refractivity contribution in [1.82, 2.24) is 58.8 Å². The first-order valence-electron chi connectivity index (χ1n) is 21.4. The number of carboxylic acid groups (broad SMARTS) is 1. The molecule has 2 aliphatic rings. The number of benzene rings is 3. The summed E-state index contributed by atoms with van der Waals surface area (Å²) >= 11 is 7.86. The van der Waals surface area contributed by atoms with Crippen molar-refractivity contribution in [3.63, 3.8) is 0 Å². The number of ether oxygens (including phenoxy) is 2. The lowest BCUT2D eigenvalue weighted by Gasteiger charge is -2.31. The summed E-state index contributed by atoms with van der Waals surface area (Å²) in [6.45, 7) is 2.33. The SMILES string of the molecule is Cn1ccnc1C(S)c1ccc(OC(=O)N2CCC(On3ccnc3)CC2)cc1.Cn1ccnc1SCc1ccc(OC(=O)N2CCC(Sc3nnnn3-c3ccc(C(=O)O)cc3)CC2)cc1. The Morgan fingerprint density at radius 1 is 0.761 bits per heavy atom. The number of carbonyl (C=O) groups is 3. The van der Waals surface area contributed by atoms with Gasteiger partial charge in [-0.3, -0.25) is 0 Å². The summed E-state index contributed by atoms with van der Waals surface area (Å²) in [6.07, 6.45) is 14.8. The smallest absolute Gasteiger partial charge is 0.415 e. The molecule has 2 saturated heterocycles. The molecule has 6 heterocycles. The minimum Gasteiger partial charge on any atom is -0.478 e. The average molecular weight is 965 g/mol. The van der Waals surface area contributed by atoms with E-state index in [0.29, 0.717) is 48.5 Å². The van der Waals surface area contributed by atoms with Gasteiger partial charge in [0.2, 0.25) is 5.16 Å². The predicted molar refractivity (Wildman–Crippen MR) is 252 cm³/mol. The molecule has 348 valence electrons. The van der Waals surface area contributed by atoms with Crippen molar-refractivity contribution in [2.45, 2.75) is 58.4 Å². The molecule has 2 fully saturated rings. The number of nitrogens with zero attached hydrogens (tertiary/aromatic N) is 12. The number of likely N-dealkylation sites (tertiary alicyclic amines) is 2. The standard InChI is InChI=1S/C25H25N7O4S2.C20H23N5O3S/c1-30-15-12-26-23(30)37-16-17-2-8-20(9-3-17)36-25(35)31-13-10-21(11-14-31)38-24-27-28-29-32(24)19-6-4-18(5-7-19)22(33)34;1-23-12-9-22-19(23)18(29)15-2-4-16(5-3-15)27-20(26)24-10-6-17(7-11-24)28-25-13-8-21-14-25/h2-9,12,15,21H,10-11,13-14,16H2,1H3,(H,33,34);2-5,8-9,12-14,17-18,29H,6-7,10-11H2,1H3. The summed E-state index contributed by atoms with van der Waals surface area (Å²) in [7, 11) is 3.90. The van der Waals surface area contributed by atoms with Gasteiger partial charge in [0.25, 0.3) is 0 Å². The van der Waals surface area contributed by atoms with Crippen LogP contribution in [0, 0.1) is 0 Å². The molecule has 2 aliphatic heterocycles. The molecule has 3 aromatic carbocycles. The maximum atomic E-state index is 12.7. The number of amides is 2. The summed E-state index contributed by atoms with van der Waals surface area (Å²) in [5, 5.41) is 22.7. The molecule has 67 heavy (non-hydrogen) atoms. The second-order valence-electron chi connectivity index (χ2n) is 15.6. The molecule has 0 aliphatic carbocycles. The molecule has 9 rings (SSSR count). The Labute approximate surface area is 399 Å². The fourth-order valence-corrected chi connectivity index (χ4v) is 9.60. The lowest BCUT2D eigenvalue weighted by atomic mass is 10.1. The molecular formula is C45H48N12O7S3. The van der Waals surface area contributed by atoms with Gasteiger partial charge in [0.15, 0.2) is 5.16 Å². The van der Waals surface area contributed by atoms with E-state index >= 15 is 0 Å². The van der Waals surface area contributed by atoms with Crippen molar-refractivity contribution in [1.29, 1.82) is 0 Å². The average Bonchev–Trinajstić information content (AvgIpc) is 4.20. The molecule has 0 radical (unpaired) electrons. The number of tetrazole rings is 1. The zero-order valence-electron chi connectivity index (χ0n) is 36.6. The van der Waals surface area contributed by atoms with Gasteiger partial charge in [-0.25, -0.2) is 29.3 Å². The van der Waals surface area contributed by atoms with Crippen LogP contribution in [0.4, 0.5) is 9.59 Å². The van der Waals surface area contributed by atoms with Crippen LogP contribution < -0.4 is 14.3 Å². The molecule has 0 spiro atoms. The molecule has 1 N–H and O–H groups in total.